The maximum absolute atomic E-state index is 5.43. The summed E-state index contributed by atoms with van der Waals surface area (Å²) in [6.07, 6.45) is 4.52. The molecule has 6 nitrogen and oxygen atoms in total. The van der Waals surface area contributed by atoms with Gasteiger partial charge >= 0.3 is 0 Å². The van der Waals surface area contributed by atoms with Gasteiger partial charge in [-0.3, -0.25) is 4.90 Å². The molecular weight excluding hydrogens is 298 g/mol. The molecule has 0 amide bonds. The van der Waals surface area contributed by atoms with Crippen LogP contribution in [0.2, 0.25) is 0 Å². The number of aromatic nitrogens is 3. The highest BCUT2D eigenvalue weighted by Crippen LogP contribution is 2.28. The number of ether oxygens (including phenoxy) is 1. The summed E-state index contributed by atoms with van der Waals surface area (Å²) < 4.78 is 7.34. The molecular formula is C15H23N5OS. The number of fused-ring (bicyclic) bond motifs is 1. The molecule has 2 aromatic heterocycles. The molecule has 0 spiro atoms. The van der Waals surface area contributed by atoms with Crippen LogP contribution in [0.4, 0.5) is 5.13 Å². The van der Waals surface area contributed by atoms with Crippen LogP contribution < -0.4 is 4.90 Å². The number of morpholine rings is 1. The second-order valence-electron chi connectivity index (χ2n) is 6.34. The second-order valence-corrected chi connectivity index (χ2v) is 7.27. The third-order valence-corrected chi connectivity index (χ3v) is 5.64. The molecule has 0 atom stereocenters. The van der Waals surface area contributed by atoms with E-state index in [0.29, 0.717) is 0 Å². The highest BCUT2D eigenvalue weighted by molar-refractivity contribution is 7.20. The van der Waals surface area contributed by atoms with Gasteiger partial charge in [-0.1, -0.05) is 11.3 Å². The summed E-state index contributed by atoms with van der Waals surface area (Å²) in [5.41, 5.74) is 1.04. The molecule has 22 heavy (non-hydrogen) atoms. The number of hydrogen-bond acceptors (Lipinski definition) is 6. The van der Waals surface area contributed by atoms with E-state index < -0.39 is 0 Å². The van der Waals surface area contributed by atoms with Crippen LogP contribution in [0.25, 0.3) is 4.96 Å². The van der Waals surface area contributed by atoms with Gasteiger partial charge in [0, 0.05) is 32.7 Å². The summed E-state index contributed by atoms with van der Waals surface area (Å²) >= 11 is 1.70. The van der Waals surface area contributed by atoms with E-state index >= 15 is 0 Å². The number of aryl methyl sites for hydroxylation is 1. The zero-order chi connectivity index (χ0) is 14.9. The molecule has 0 aliphatic carbocycles. The van der Waals surface area contributed by atoms with Crippen molar-refractivity contribution >= 4 is 21.4 Å². The van der Waals surface area contributed by atoms with Gasteiger partial charge in [0.15, 0.2) is 0 Å². The third kappa shape index (κ3) is 2.98. The van der Waals surface area contributed by atoms with Crippen molar-refractivity contribution in [2.45, 2.75) is 19.8 Å². The lowest BCUT2D eigenvalue weighted by Gasteiger charge is -2.35. The van der Waals surface area contributed by atoms with E-state index in [9.17, 15) is 0 Å². The maximum Gasteiger partial charge on any atom is 0.214 e. The van der Waals surface area contributed by atoms with Gasteiger partial charge in [0.1, 0.15) is 0 Å². The van der Waals surface area contributed by atoms with Crippen LogP contribution in [0.15, 0.2) is 6.20 Å². The Hall–Kier alpha value is -1.18. The van der Waals surface area contributed by atoms with Crippen molar-refractivity contribution in [2.75, 3.05) is 50.8 Å². The zero-order valence-corrected chi connectivity index (χ0v) is 13.9. The minimum Gasteiger partial charge on any atom is -0.379 e. The summed E-state index contributed by atoms with van der Waals surface area (Å²) in [6.45, 7) is 9.48. The van der Waals surface area contributed by atoms with Gasteiger partial charge in [0.25, 0.3) is 0 Å². The molecule has 2 aliphatic heterocycles. The van der Waals surface area contributed by atoms with Gasteiger partial charge in [0.2, 0.25) is 10.1 Å². The van der Waals surface area contributed by atoms with Gasteiger partial charge in [-0.05, 0) is 25.7 Å². The summed E-state index contributed by atoms with van der Waals surface area (Å²) in [4.78, 5) is 10.5. The lowest BCUT2D eigenvalue weighted by Crippen LogP contribution is -2.42. The van der Waals surface area contributed by atoms with Crippen molar-refractivity contribution in [3.63, 3.8) is 0 Å². The Balaban J connectivity index is 1.33. The molecule has 2 aliphatic rings. The summed E-state index contributed by atoms with van der Waals surface area (Å²) in [7, 11) is 0. The minimum absolute atomic E-state index is 0.820. The van der Waals surface area contributed by atoms with Crippen molar-refractivity contribution in [1.82, 2.24) is 19.5 Å². The molecule has 0 aromatic carbocycles. The Morgan fingerprint density at radius 3 is 2.73 bits per heavy atom. The van der Waals surface area contributed by atoms with Crippen molar-refractivity contribution in [1.29, 1.82) is 0 Å². The van der Waals surface area contributed by atoms with E-state index in [4.69, 9.17) is 4.74 Å². The van der Waals surface area contributed by atoms with Gasteiger partial charge in [-0.15, -0.1) is 5.10 Å². The number of nitrogens with zero attached hydrogens (tertiary/aromatic N) is 5. The smallest absolute Gasteiger partial charge is 0.214 e. The van der Waals surface area contributed by atoms with E-state index in [-0.39, 0.29) is 0 Å². The van der Waals surface area contributed by atoms with E-state index in [2.05, 4.69) is 19.9 Å². The van der Waals surface area contributed by atoms with Crippen LogP contribution in [-0.4, -0.2) is 65.4 Å². The van der Waals surface area contributed by atoms with Crippen LogP contribution in [0.1, 0.15) is 18.5 Å². The Labute approximate surface area is 134 Å². The Morgan fingerprint density at radius 1 is 1.23 bits per heavy atom. The van der Waals surface area contributed by atoms with Crippen molar-refractivity contribution < 1.29 is 4.74 Å². The molecule has 0 radical (unpaired) electrons. The van der Waals surface area contributed by atoms with Crippen LogP contribution in [0, 0.1) is 12.8 Å². The van der Waals surface area contributed by atoms with E-state index in [0.717, 1.165) is 61.1 Å². The number of hydrogen-bond donors (Lipinski definition) is 0. The molecule has 4 rings (SSSR count). The maximum atomic E-state index is 5.43. The monoisotopic (exact) mass is 321 g/mol. The quantitative estimate of drug-likeness (QED) is 0.860. The minimum atomic E-state index is 0.820. The zero-order valence-electron chi connectivity index (χ0n) is 13.1. The fourth-order valence-electron chi connectivity index (χ4n) is 3.38. The predicted molar refractivity (Wildman–Crippen MR) is 87.8 cm³/mol. The first-order valence-electron chi connectivity index (χ1n) is 8.16. The third-order valence-electron chi connectivity index (χ3n) is 4.66. The summed E-state index contributed by atoms with van der Waals surface area (Å²) in [5.74, 6) is 0.820. The lowest BCUT2D eigenvalue weighted by molar-refractivity contribution is 0.0289. The second kappa shape index (κ2) is 6.14. The average Bonchev–Trinajstić information content (AvgIpc) is 3.06. The molecule has 2 fully saturated rings. The SMILES string of the molecule is Cc1cn2nc(N3CCC(CN4CCOCC4)CC3)sc2n1. The fraction of sp³-hybridized carbons (Fsp3) is 0.733. The van der Waals surface area contributed by atoms with Crippen LogP contribution in [0.3, 0.4) is 0 Å². The Morgan fingerprint density at radius 2 is 2.00 bits per heavy atom. The van der Waals surface area contributed by atoms with Crippen molar-refractivity contribution in [2.24, 2.45) is 5.92 Å². The van der Waals surface area contributed by atoms with Gasteiger partial charge in [-0.2, -0.15) is 0 Å². The van der Waals surface area contributed by atoms with Gasteiger partial charge in [-0.25, -0.2) is 9.50 Å². The first-order valence-corrected chi connectivity index (χ1v) is 8.97. The van der Waals surface area contributed by atoms with Crippen LogP contribution in [0.5, 0.6) is 0 Å². The molecule has 4 heterocycles. The molecule has 0 N–H and O–H groups in total. The van der Waals surface area contributed by atoms with E-state index in [1.165, 1.54) is 19.4 Å². The average molecular weight is 321 g/mol. The van der Waals surface area contributed by atoms with Crippen LogP contribution >= 0.6 is 11.3 Å². The normalized spacial score (nSPS) is 21.8. The highest BCUT2D eigenvalue weighted by atomic mass is 32.1. The molecule has 2 saturated heterocycles. The fourth-order valence-corrected chi connectivity index (χ4v) is 4.36. The van der Waals surface area contributed by atoms with E-state index in [1.54, 1.807) is 11.3 Å². The molecule has 2 aromatic rings. The predicted octanol–water partition coefficient (Wildman–Crippen LogP) is 1.65. The summed E-state index contributed by atoms with van der Waals surface area (Å²) in [5, 5.41) is 5.79. The van der Waals surface area contributed by atoms with Crippen LogP contribution in [-0.2, 0) is 4.74 Å². The Kier molecular flexibility index (Phi) is 4.02. The van der Waals surface area contributed by atoms with Gasteiger partial charge in [0.05, 0.1) is 25.1 Å². The molecule has 7 heteroatoms. The summed E-state index contributed by atoms with van der Waals surface area (Å²) in [6, 6.07) is 0. The van der Waals surface area contributed by atoms with Gasteiger partial charge < -0.3 is 9.64 Å². The Bertz CT molecular complexity index is 593. The standard InChI is InChI=1S/C15H23N5OS/c1-12-10-20-14(16-12)22-15(17-20)19-4-2-13(3-5-19)11-18-6-8-21-9-7-18/h10,13H,2-9,11H2,1H3. The number of imidazole rings is 1. The first-order chi connectivity index (χ1) is 10.8. The lowest BCUT2D eigenvalue weighted by atomic mass is 9.96. The first kappa shape index (κ1) is 14.4. The van der Waals surface area contributed by atoms with Crippen molar-refractivity contribution in [3.05, 3.63) is 11.9 Å². The molecule has 0 bridgehead atoms. The topological polar surface area (TPSA) is 45.9 Å². The number of piperidine rings is 1. The molecule has 0 saturated carbocycles. The largest absolute Gasteiger partial charge is 0.379 e. The molecule has 0 unspecified atom stereocenters. The number of rotatable bonds is 3. The molecule has 120 valence electrons. The number of anilines is 1. The van der Waals surface area contributed by atoms with Crippen molar-refractivity contribution in [3.8, 4) is 0 Å². The highest BCUT2D eigenvalue weighted by Gasteiger charge is 2.24. The van der Waals surface area contributed by atoms with E-state index in [1.807, 2.05) is 17.6 Å².